The van der Waals surface area contributed by atoms with Crippen LogP contribution in [0.2, 0.25) is 0 Å². The molecule has 0 spiro atoms. The maximum atomic E-state index is 12.7. The van der Waals surface area contributed by atoms with Crippen LogP contribution in [0.1, 0.15) is 0 Å². The van der Waals surface area contributed by atoms with Crippen LogP contribution in [-0.4, -0.2) is 17.4 Å². The molecule has 0 heterocycles. The molecule has 0 aliphatic heterocycles. The summed E-state index contributed by atoms with van der Waals surface area (Å²) in [5.74, 6) is -13.1. The quantitative estimate of drug-likeness (QED) is 0.0709. The van der Waals surface area contributed by atoms with Crippen molar-refractivity contribution < 1.29 is 36.7 Å². The van der Waals surface area contributed by atoms with E-state index in [0.717, 1.165) is 0 Å². The molecule has 5 nitrogen and oxygen atoms in total. The average molecular weight is 719 g/mol. The number of anilines is 6. The zero-order valence-electron chi connectivity index (χ0n) is 28.0. The highest BCUT2D eigenvalue weighted by Gasteiger charge is 2.29. The van der Waals surface area contributed by atoms with Crippen LogP contribution in [0.3, 0.4) is 0 Å². The molecule has 0 saturated carbocycles. The molecule has 7 rings (SSSR count). The molecular formula is C42H32BF5N2O3. The van der Waals surface area contributed by atoms with Crippen LogP contribution in [-0.2, 0) is 0 Å². The largest absolute Gasteiger partial charge is 0.707 e. The fraction of sp³-hybridized carbons (Fsp3) is 0. The van der Waals surface area contributed by atoms with Crippen molar-refractivity contribution in [2.24, 2.45) is 0 Å². The summed E-state index contributed by atoms with van der Waals surface area (Å²) in [5, 5.41) is 16.3. The Hall–Kier alpha value is -6.43. The standard InChI is InChI=1S/2C18H15N.C6H2BF5O3/c2*1-4-10-16(11-5-1)19(17-12-6-2-7-13-17)18-14-8-3-9-15-18;8-1-2(9)4(11)6(15-7(13)14)5(12)3(1)10/h2*1-15H;13-14H. The Bertz CT molecular complexity index is 1800. The third-order valence-electron chi connectivity index (χ3n) is 7.48. The van der Waals surface area contributed by atoms with Crippen molar-refractivity contribution in [3.05, 3.63) is 211 Å². The second-order valence-electron chi connectivity index (χ2n) is 11.0. The fourth-order valence-corrected chi connectivity index (χ4v) is 5.15. The van der Waals surface area contributed by atoms with E-state index in [2.05, 4.69) is 160 Å². The zero-order valence-corrected chi connectivity index (χ0v) is 28.0. The van der Waals surface area contributed by atoms with Crippen molar-refractivity contribution >= 4 is 41.4 Å². The zero-order chi connectivity index (χ0) is 37.6. The first-order chi connectivity index (χ1) is 25.8. The van der Waals surface area contributed by atoms with E-state index in [4.69, 9.17) is 10.0 Å². The van der Waals surface area contributed by atoms with E-state index >= 15 is 0 Å². The normalized spacial score (nSPS) is 10.2. The molecule has 7 aromatic carbocycles. The predicted octanol–water partition coefficient (Wildman–Crippen LogP) is 11.0. The van der Waals surface area contributed by atoms with E-state index in [0.29, 0.717) is 0 Å². The summed E-state index contributed by atoms with van der Waals surface area (Å²) >= 11 is 0. The Morgan fingerprint density at radius 1 is 0.321 bits per heavy atom. The molecule has 0 bridgehead atoms. The van der Waals surface area contributed by atoms with Crippen LogP contribution in [0.15, 0.2) is 182 Å². The molecule has 0 amide bonds. The molecule has 53 heavy (non-hydrogen) atoms. The molecule has 0 unspecified atom stereocenters. The molecule has 0 fully saturated rings. The number of nitrogens with zero attached hydrogens (tertiary/aromatic N) is 2. The average Bonchev–Trinajstić information content (AvgIpc) is 3.21. The van der Waals surface area contributed by atoms with E-state index in [-0.39, 0.29) is 0 Å². The van der Waals surface area contributed by atoms with Gasteiger partial charge in [0.2, 0.25) is 29.1 Å². The number of halogens is 5. The highest BCUT2D eigenvalue weighted by Crippen LogP contribution is 2.35. The van der Waals surface area contributed by atoms with Gasteiger partial charge in [-0.05, 0) is 72.8 Å². The Morgan fingerprint density at radius 2 is 0.509 bits per heavy atom. The van der Waals surface area contributed by atoms with Gasteiger partial charge in [0.25, 0.3) is 0 Å². The van der Waals surface area contributed by atoms with E-state index < -0.39 is 42.2 Å². The Kier molecular flexibility index (Phi) is 13.3. The number of benzene rings is 7. The molecule has 11 heteroatoms. The molecule has 0 aliphatic rings. The van der Waals surface area contributed by atoms with Crippen molar-refractivity contribution in [1.82, 2.24) is 0 Å². The first kappa shape index (κ1) is 37.8. The Morgan fingerprint density at radius 3 is 0.698 bits per heavy atom. The summed E-state index contributed by atoms with van der Waals surface area (Å²) in [5.41, 5.74) is 7.00. The van der Waals surface area contributed by atoms with Crippen molar-refractivity contribution in [2.75, 3.05) is 9.80 Å². The minimum atomic E-state index is -2.70. The second kappa shape index (κ2) is 18.7. The van der Waals surface area contributed by atoms with Crippen LogP contribution >= 0.6 is 0 Å². The summed E-state index contributed by atoms with van der Waals surface area (Å²) in [6.07, 6.45) is 0. The second-order valence-corrected chi connectivity index (χ2v) is 11.0. The van der Waals surface area contributed by atoms with Gasteiger partial charge in [-0.3, -0.25) is 0 Å². The maximum absolute atomic E-state index is 12.7. The summed E-state index contributed by atoms with van der Waals surface area (Å²) in [6.45, 7) is 0. The minimum absolute atomic E-state index is 1.17. The Labute approximate surface area is 304 Å². The van der Waals surface area contributed by atoms with Gasteiger partial charge in [-0.15, -0.1) is 0 Å². The molecular weight excluding hydrogens is 686 g/mol. The van der Waals surface area contributed by atoms with Gasteiger partial charge < -0.3 is 24.5 Å². The summed E-state index contributed by atoms with van der Waals surface area (Å²) in [6, 6.07) is 62.5. The van der Waals surface area contributed by atoms with Gasteiger partial charge in [0.15, 0.2) is 5.75 Å². The lowest BCUT2D eigenvalue weighted by molar-refractivity contribution is 0.263. The van der Waals surface area contributed by atoms with Gasteiger partial charge >= 0.3 is 7.32 Å². The Balaban J connectivity index is 0.000000155. The van der Waals surface area contributed by atoms with Crippen molar-refractivity contribution in [3.8, 4) is 5.75 Å². The van der Waals surface area contributed by atoms with Crippen LogP contribution in [0, 0.1) is 29.1 Å². The smallest absolute Gasteiger partial charge is 0.507 e. The topological polar surface area (TPSA) is 56.2 Å². The van der Waals surface area contributed by atoms with E-state index in [9.17, 15) is 22.0 Å². The van der Waals surface area contributed by atoms with Gasteiger partial charge in [0.05, 0.1) is 0 Å². The monoisotopic (exact) mass is 718 g/mol. The van der Waals surface area contributed by atoms with Gasteiger partial charge in [-0.2, -0.15) is 8.78 Å². The number of para-hydroxylation sites is 6. The van der Waals surface area contributed by atoms with Crippen molar-refractivity contribution in [2.45, 2.75) is 0 Å². The minimum Gasteiger partial charge on any atom is -0.507 e. The van der Waals surface area contributed by atoms with E-state index in [1.165, 1.54) is 34.1 Å². The van der Waals surface area contributed by atoms with Crippen LogP contribution in [0.25, 0.3) is 0 Å². The summed E-state index contributed by atoms with van der Waals surface area (Å²) < 4.78 is 66.3. The summed E-state index contributed by atoms with van der Waals surface area (Å²) in [7, 11) is -2.70. The molecule has 0 atom stereocenters. The highest BCUT2D eigenvalue weighted by molar-refractivity contribution is 6.33. The molecule has 0 saturated heterocycles. The molecule has 266 valence electrons. The van der Waals surface area contributed by atoms with Crippen molar-refractivity contribution in [1.29, 1.82) is 0 Å². The van der Waals surface area contributed by atoms with E-state index in [1.807, 2.05) is 36.4 Å². The molecule has 0 radical (unpaired) electrons. The van der Waals surface area contributed by atoms with Gasteiger partial charge in [-0.1, -0.05) is 109 Å². The fourth-order valence-electron chi connectivity index (χ4n) is 5.15. The number of rotatable bonds is 8. The lowest BCUT2D eigenvalue weighted by Crippen LogP contribution is -2.23. The highest BCUT2D eigenvalue weighted by atomic mass is 19.2. The number of hydrogen-bond donors (Lipinski definition) is 2. The molecule has 7 aromatic rings. The predicted molar refractivity (Wildman–Crippen MR) is 199 cm³/mol. The molecule has 2 N–H and O–H groups in total. The molecule has 0 aliphatic carbocycles. The first-order valence-electron chi connectivity index (χ1n) is 16.2. The third kappa shape index (κ3) is 9.88. The maximum Gasteiger partial charge on any atom is 0.707 e. The molecule has 0 aromatic heterocycles. The van der Waals surface area contributed by atoms with Crippen LogP contribution in [0.5, 0.6) is 5.75 Å². The van der Waals surface area contributed by atoms with E-state index in [1.54, 1.807) is 0 Å². The number of hydrogen-bond acceptors (Lipinski definition) is 5. The lowest BCUT2D eigenvalue weighted by Gasteiger charge is -2.25. The first-order valence-corrected chi connectivity index (χ1v) is 16.2. The van der Waals surface area contributed by atoms with Crippen molar-refractivity contribution in [3.63, 3.8) is 0 Å². The summed E-state index contributed by atoms with van der Waals surface area (Å²) in [4.78, 5) is 4.50. The lowest BCUT2D eigenvalue weighted by atomic mass is 10.2. The third-order valence-corrected chi connectivity index (χ3v) is 7.48. The SMILES string of the molecule is OB(O)Oc1c(F)c(F)c(F)c(F)c1F.c1ccc(N(c2ccccc2)c2ccccc2)cc1.c1ccc(N(c2ccccc2)c2ccccc2)cc1. The van der Waals surface area contributed by atoms with Crippen LogP contribution < -0.4 is 14.5 Å². The van der Waals surface area contributed by atoms with Crippen LogP contribution in [0.4, 0.5) is 56.1 Å². The van der Waals surface area contributed by atoms with Gasteiger partial charge in [-0.25, -0.2) is 13.2 Å². The van der Waals surface area contributed by atoms with Gasteiger partial charge in [0, 0.05) is 34.1 Å². The van der Waals surface area contributed by atoms with Gasteiger partial charge in [0.1, 0.15) is 0 Å².